The molecule has 0 bridgehead atoms. The van der Waals surface area contributed by atoms with Crippen LogP contribution in [0.15, 0.2) is 65.1 Å². The number of nitrogens with zero attached hydrogens (tertiary/aromatic N) is 1. The number of rotatable bonds is 10. The molecule has 2 N–H and O–H groups in total. The quantitative estimate of drug-likeness (QED) is 0.244. The van der Waals surface area contributed by atoms with Gasteiger partial charge in [-0.2, -0.15) is 0 Å². The fourth-order valence-electron chi connectivity index (χ4n) is 3.44. The standard InChI is InChI=1S/C25H25BrClN3O2/c1-2-31-23-13-18(15-28-11-10-25-29-21-8-3-4-9-22(21)30-25)20(26)14-24(23)32-16-17-6-5-7-19(27)12-17/h3-9,12-14,28H,2,10-11,15-16H2,1H3,(H,29,30). The van der Waals surface area contributed by atoms with E-state index < -0.39 is 0 Å². The van der Waals surface area contributed by atoms with E-state index in [9.17, 15) is 0 Å². The van der Waals surface area contributed by atoms with E-state index in [1.807, 2.05) is 67.6 Å². The van der Waals surface area contributed by atoms with Crippen molar-refractivity contribution in [1.82, 2.24) is 15.3 Å². The van der Waals surface area contributed by atoms with Gasteiger partial charge in [-0.05, 0) is 54.4 Å². The molecule has 0 fully saturated rings. The topological polar surface area (TPSA) is 59.2 Å². The lowest BCUT2D eigenvalue weighted by Crippen LogP contribution is -2.17. The molecule has 0 amide bonds. The summed E-state index contributed by atoms with van der Waals surface area (Å²) in [6, 6.07) is 19.7. The number of imidazole rings is 1. The Morgan fingerprint density at radius 3 is 2.69 bits per heavy atom. The summed E-state index contributed by atoms with van der Waals surface area (Å²) in [5.41, 5.74) is 4.18. The fourth-order valence-corrected chi connectivity index (χ4v) is 4.11. The molecule has 5 nitrogen and oxygen atoms in total. The lowest BCUT2D eigenvalue weighted by atomic mass is 10.2. The number of hydrogen-bond donors (Lipinski definition) is 2. The molecule has 1 heterocycles. The summed E-state index contributed by atoms with van der Waals surface area (Å²) in [4.78, 5) is 7.99. The van der Waals surface area contributed by atoms with Crippen molar-refractivity contribution in [3.63, 3.8) is 0 Å². The number of para-hydroxylation sites is 2. The smallest absolute Gasteiger partial charge is 0.162 e. The van der Waals surface area contributed by atoms with Crippen molar-refractivity contribution in [2.75, 3.05) is 13.2 Å². The van der Waals surface area contributed by atoms with Crippen molar-refractivity contribution in [1.29, 1.82) is 0 Å². The number of ether oxygens (including phenoxy) is 2. The highest BCUT2D eigenvalue weighted by atomic mass is 79.9. The van der Waals surface area contributed by atoms with E-state index in [4.69, 9.17) is 21.1 Å². The Kier molecular flexibility index (Phi) is 7.68. The molecule has 0 radical (unpaired) electrons. The molecule has 0 saturated heterocycles. The zero-order valence-electron chi connectivity index (χ0n) is 17.8. The third kappa shape index (κ3) is 5.82. The second kappa shape index (κ2) is 10.9. The van der Waals surface area contributed by atoms with E-state index in [1.165, 1.54) is 0 Å². The first-order valence-electron chi connectivity index (χ1n) is 10.6. The molecule has 7 heteroatoms. The van der Waals surface area contributed by atoms with Gasteiger partial charge in [-0.25, -0.2) is 4.98 Å². The van der Waals surface area contributed by atoms with Crippen LogP contribution in [0.4, 0.5) is 0 Å². The lowest BCUT2D eigenvalue weighted by Gasteiger charge is -2.15. The van der Waals surface area contributed by atoms with Crippen molar-refractivity contribution in [3.05, 3.63) is 87.1 Å². The normalized spacial score (nSPS) is 11.1. The Hall–Kier alpha value is -2.54. The van der Waals surface area contributed by atoms with Crippen LogP contribution in [0.1, 0.15) is 23.9 Å². The molecule has 0 atom stereocenters. The van der Waals surface area contributed by atoms with Crippen molar-refractivity contribution in [3.8, 4) is 11.5 Å². The van der Waals surface area contributed by atoms with Crippen LogP contribution in [0.2, 0.25) is 5.02 Å². The summed E-state index contributed by atoms with van der Waals surface area (Å²) in [5.74, 6) is 2.41. The van der Waals surface area contributed by atoms with Crippen LogP contribution in [-0.2, 0) is 19.6 Å². The van der Waals surface area contributed by atoms with Crippen molar-refractivity contribution in [2.45, 2.75) is 26.5 Å². The Balaban J connectivity index is 1.37. The minimum atomic E-state index is 0.419. The maximum Gasteiger partial charge on any atom is 0.162 e. The Labute approximate surface area is 201 Å². The van der Waals surface area contributed by atoms with Gasteiger partial charge in [0.15, 0.2) is 11.5 Å². The molecule has 1 aromatic heterocycles. The molecular weight excluding hydrogens is 490 g/mol. The van der Waals surface area contributed by atoms with Crippen LogP contribution >= 0.6 is 27.5 Å². The first kappa shape index (κ1) is 22.6. The minimum absolute atomic E-state index is 0.419. The molecular formula is C25H25BrClN3O2. The van der Waals surface area contributed by atoms with Gasteiger partial charge in [-0.1, -0.05) is 51.8 Å². The molecule has 0 aliphatic heterocycles. The van der Waals surface area contributed by atoms with E-state index in [0.29, 0.717) is 30.5 Å². The number of aromatic nitrogens is 2. The molecule has 3 aromatic carbocycles. The molecule has 4 rings (SSSR count). The van der Waals surface area contributed by atoms with E-state index >= 15 is 0 Å². The summed E-state index contributed by atoms with van der Waals surface area (Å²) < 4.78 is 12.8. The summed E-state index contributed by atoms with van der Waals surface area (Å²) in [5, 5.41) is 4.18. The SMILES string of the molecule is CCOc1cc(CNCCc2nc3ccccc3[nH]2)c(Br)cc1OCc1cccc(Cl)c1. The third-order valence-corrected chi connectivity index (χ3v) is 5.96. The highest BCUT2D eigenvalue weighted by molar-refractivity contribution is 9.10. The number of H-pyrrole nitrogens is 1. The Bertz CT molecular complexity index is 1160. The molecule has 4 aromatic rings. The van der Waals surface area contributed by atoms with E-state index in [-0.39, 0.29) is 0 Å². The molecule has 0 spiro atoms. The van der Waals surface area contributed by atoms with Gasteiger partial charge in [0.25, 0.3) is 0 Å². The molecule has 0 unspecified atom stereocenters. The molecule has 32 heavy (non-hydrogen) atoms. The van der Waals surface area contributed by atoms with Crippen molar-refractivity contribution >= 4 is 38.6 Å². The zero-order chi connectivity index (χ0) is 22.3. The third-order valence-electron chi connectivity index (χ3n) is 4.99. The van der Waals surface area contributed by atoms with E-state index in [0.717, 1.165) is 51.2 Å². The van der Waals surface area contributed by atoms with Crippen LogP contribution in [0.25, 0.3) is 11.0 Å². The summed E-state index contributed by atoms with van der Waals surface area (Å²) in [7, 11) is 0. The van der Waals surface area contributed by atoms with Gasteiger partial charge in [0, 0.05) is 29.0 Å². The average molecular weight is 515 g/mol. The number of aromatic amines is 1. The first-order valence-corrected chi connectivity index (χ1v) is 11.8. The van der Waals surface area contributed by atoms with E-state index in [2.05, 4.69) is 31.2 Å². The predicted molar refractivity (Wildman–Crippen MR) is 133 cm³/mol. The second-order valence-electron chi connectivity index (χ2n) is 7.37. The van der Waals surface area contributed by atoms with Crippen molar-refractivity contribution < 1.29 is 9.47 Å². The fraction of sp³-hybridized carbons (Fsp3) is 0.240. The highest BCUT2D eigenvalue weighted by Crippen LogP contribution is 2.34. The summed E-state index contributed by atoms with van der Waals surface area (Å²) >= 11 is 9.75. The lowest BCUT2D eigenvalue weighted by molar-refractivity contribution is 0.269. The maximum absolute atomic E-state index is 6.07. The second-order valence-corrected chi connectivity index (χ2v) is 8.66. The maximum atomic E-state index is 6.07. The van der Waals surface area contributed by atoms with Gasteiger partial charge in [0.2, 0.25) is 0 Å². The van der Waals surface area contributed by atoms with Gasteiger partial charge in [0.05, 0.1) is 17.6 Å². The first-order chi connectivity index (χ1) is 15.6. The molecule has 166 valence electrons. The summed E-state index contributed by atoms with van der Waals surface area (Å²) in [6.45, 7) is 4.46. The largest absolute Gasteiger partial charge is 0.490 e. The van der Waals surface area contributed by atoms with Gasteiger partial charge in [-0.15, -0.1) is 0 Å². The van der Waals surface area contributed by atoms with Crippen LogP contribution in [0, 0.1) is 0 Å². The monoisotopic (exact) mass is 513 g/mol. The number of nitrogens with one attached hydrogen (secondary N) is 2. The summed E-state index contributed by atoms with van der Waals surface area (Å²) in [6.07, 6.45) is 0.825. The molecule has 0 aliphatic carbocycles. The number of fused-ring (bicyclic) bond motifs is 1. The Morgan fingerprint density at radius 2 is 1.88 bits per heavy atom. The number of hydrogen-bond acceptors (Lipinski definition) is 4. The zero-order valence-corrected chi connectivity index (χ0v) is 20.2. The van der Waals surface area contributed by atoms with Crippen LogP contribution < -0.4 is 14.8 Å². The highest BCUT2D eigenvalue weighted by Gasteiger charge is 2.12. The van der Waals surface area contributed by atoms with Crippen molar-refractivity contribution in [2.24, 2.45) is 0 Å². The number of benzene rings is 3. The van der Waals surface area contributed by atoms with Gasteiger partial charge < -0.3 is 19.8 Å². The molecule has 0 aliphatic rings. The van der Waals surface area contributed by atoms with E-state index in [1.54, 1.807) is 0 Å². The molecule has 0 saturated carbocycles. The Morgan fingerprint density at radius 1 is 1.03 bits per heavy atom. The van der Waals surface area contributed by atoms with Gasteiger partial charge in [-0.3, -0.25) is 0 Å². The van der Waals surface area contributed by atoms with Gasteiger partial charge >= 0.3 is 0 Å². The van der Waals surface area contributed by atoms with Crippen LogP contribution in [0.3, 0.4) is 0 Å². The number of halogens is 2. The van der Waals surface area contributed by atoms with Crippen LogP contribution in [-0.4, -0.2) is 23.1 Å². The van der Waals surface area contributed by atoms with Gasteiger partial charge in [0.1, 0.15) is 12.4 Å². The average Bonchev–Trinajstić information content (AvgIpc) is 3.20. The predicted octanol–water partition coefficient (Wildman–Crippen LogP) is 6.29. The minimum Gasteiger partial charge on any atom is -0.490 e. The van der Waals surface area contributed by atoms with Crippen LogP contribution in [0.5, 0.6) is 11.5 Å².